The van der Waals surface area contributed by atoms with Gasteiger partial charge in [0.1, 0.15) is 5.75 Å². The molecule has 104 valence electrons. The Balaban J connectivity index is 1.54. The van der Waals surface area contributed by atoms with E-state index in [9.17, 15) is 0 Å². The Morgan fingerprint density at radius 3 is 2.58 bits per heavy atom. The Bertz CT molecular complexity index is 394. The summed E-state index contributed by atoms with van der Waals surface area (Å²) in [6, 6.07) is 8.32. The van der Waals surface area contributed by atoms with Gasteiger partial charge in [0, 0.05) is 12.6 Å². The minimum Gasteiger partial charge on any atom is -0.490 e. The van der Waals surface area contributed by atoms with Gasteiger partial charge in [-0.05, 0) is 56.2 Å². The van der Waals surface area contributed by atoms with E-state index in [0.29, 0.717) is 12.2 Å². The van der Waals surface area contributed by atoms with E-state index >= 15 is 0 Å². The molecule has 1 aromatic carbocycles. The quantitative estimate of drug-likeness (QED) is 0.885. The minimum atomic E-state index is 0.0677. The summed E-state index contributed by atoms with van der Waals surface area (Å²) in [7, 11) is 0. The molecule has 3 nitrogen and oxygen atoms in total. The Morgan fingerprint density at radius 1 is 1.16 bits per heavy atom. The molecule has 3 rings (SSSR count). The van der Waals surface area contributed by atoms with E-state index in [1.165, 1.54) is 31.2 Å². The molecule has 2 aliphatic rings. The Kier molecular flexibility index (Phi) is 4.04. The van der Waals surface area contributed by atoms with Crippen LogP contribution in [0.25, 0.3) is 0 Å². The molecular formula is C16H23NO2. The first-order chi connectivity index (χ1) is 9.31. The van der Waals surface area contributed by atoms with E-state index < -0.39 is 0 Å². The van der Waals surface area contributed by atoms with Crippen molar-refractivity contribution < 1.29 is 9.47 Å². The molecule has 1 saturated carbocycles. The summed E-state index contributed by atoms with van der Waals surface area (Å²) in [4.78, 5) is 0. The lowest BCUT2D eigenvalue weighted by atomic mass is 9.97. The maximum atomic E-state index is 6.27. The smallest absolute Gasteiger partial charge is 0.119 e. The van der Waals surface area contributed by atoms with Gasteiger partial charge < -0.3 is 15.2 Å². The molecule has 2 N–H and O–H groups in total. The summed E-state index contributed by atoms with van der Waals surface area (Å²) in [6.07, 6.45) is 7.71. The molecule has 0 aromatic heterocycles. The molecule has 1 heterocycles. The highest BCUT2D eigenvalue weighted by Gasteiger charge is 2.23. The molecule has 2 fully saturated rings. The lowest BCUT2D eigenvalue weighted by Crippen LogP contribution is -2.24. The van der Waals surface area contributed by atoms with Crippen molar-refractivity contribution in [3.05, 3.63) is 29.8 Å². The summed E-state index contributed by atoms with van der Waals surface area (Å²) in [5.41, 5.74) is 7.45. The van der Waals surface area contributed by atoms with Crippen LogP contribution in [-0.4, -0.2) is 18.8 Å². The summed E-state index contributed by atoms with van der Waals surface area (Å²) in [5, 5.41) is 0. The average Bonchev–Trinajstić information content (AvgIpc) is 3.25. The maximum absolute atomic E-state index is 6.27. The van der Waals surface area contributed by atoms with Gasteiger partial charge in [-0.3, -0.25) is 0 Å². The fraction of sp³-hybridized carbons (Fsp3) is 0.625. The molecule has 19 heavy (non-hydrogen) atoms. The zero-order valence-corrected chi connectivity index (χ0v) is 11.4. The Morgan fingerprint density at radius 2 is 1.95 bits per heavy atom. The van der Waals surface area contributed by atoms with Crippen molar-refractivity contribution in [2.24, 2.45) is 5.73 Å². The van der Waals surface area contributed by atoms with Gasteiger partial charge in [0.2, 0.25) is 0 Å². The first-order valence-electron chi connectivity index (χ1n) is 7.45. The van der Waals surface area contributed by atoms with E-state index in [2.05, 4.69) is 12.1 Å². The van der Waals surface area contributed by atoms with Crippen molar-refractivity contribution in [1.82, 2.24) is 0 Å². The molecule has 2 atom stereocenters. The van der Waals surface area contributed by atoms with Gasteiger partial charge in [0.25, 0.3) is 0 Å². The first-order valence-corrected chi connectivity index (χ1v) is 7.45. The van der Waals surface area contributed by atoms with Gasteiger partial charge in [0.05, 0.1) is 12.2 Å². The van der Waals surface area contributed by atoms with Crippen LogP contribution in [0.4, 0.5) is 0 Å². The van der Waals surface area contributed by atoms with E-state index in [1.54, 1.807) is 0 Å². The van der Waals surface area contributed by atoms with Gasteiger partial charge in [0.15, 0.2) is 0 Å². The number of nitrogens with two attached hydrogens (primary N) is 1. The van der Waals surface area contributed by atoms with E-state index in [4.69, 9.17) is 15.2 Å². The van der Waals surface area contributed by atoms with Gasteiger partial charge in [-0.2, -0.15) is 0 Å². The molecule has 0 spiro atoms. The second kappa shape index (κ2) is 5.93. The molecule has 1 aromatic rings. The third kappa shape index (κ3) is 3.71. The fourth-order valence-corrected chi connectivity index (χ4v) is 2.58. The van der Waals surface area contributed by atoms with Gasteiger partial charge in [-0.1, -0.05) is 12.1 Å². The van der Waals surface area contributed by atoms with Crippen LogP contribution in [0.15, 0.2) is 24.3 Å². The summed E-state index contributed by atoms with van der Waals surface area (Å²) >= 11 is 0. The largest absolute Gasteiger partial charge is 0.490 e. The maximum Gasteiger partial charge on any atom is 0.119 e. The van der Waals surface area contributed by atoms with Crippen molar-refractivity contribution >= 4 is 0 Å². The molecular weight excluding hydrogens is 238 g/mol. The summed E-state index contributed by atoms with van der Waals surface area (Å²) < 4.78 is 11.5. The van der Waals surface area contributed by atoms with Crippen molar-refractivity contribution in [3.8, 4) is 5.75 Å². The van der Waals surface area contributed by atoms with Gasteiger partial charge >= 0.3 is 0 Å². The molecule has 1 saturated heterocycles. The molecule has 0 amide bonds. The van der Waals surface area contributed by atoms with Gasteiger partial charge in [-0.25, -0.2) is 0 Å². The van der Waals surface area contributed by atoms with Crippen LogP contribution in [0.1, 0.15) is 50.1 Å². The van der Waals surface area contributed by atoms with Crippen LogP contribution in [0.2, 0.25) is 0 Å². The first kappa shape index (κ1) is 12.9. The average molecular weight is 261 g/mol. The van der Waals surface area contributed by atoms with Crippen molar-refractivity contribution in [1.29, 1.82) is 0 Å². The summed E-state index contributed by atoms with van der Waals surface area (Å²) in [5.74, 6) is 0.965. The minimum absolute atomic E-state index is 0.0677. The molecule has 1 aliphatic carbocycles. The highest BCUT2D eigenvalue weighted by Crippen LogP contribution is 2.28. The Labute approximate surface area is 115 Å². The van der Waals surface area contributed by atoms with Crippen LogP contribution in [0, 0.1) is 0 Å². The van der Waals surface area contributed by atoms with E-state index in [-0.39, 0.29) is 6.04 Å². The molecule has 0 radical (unpaired) electrons. The topological polar surface area (TPSA) is 44.5 Å². The number of hydrogen-bond donors (Lipinski definition) is 1. The second-order valence-corrected chi connectivity index (χ2v) is 5.72. The standard InChI is InChI=1S/C16H23NO2/c17-16(11-15-3-1-2-10-18-15)12-4-6-13(7-5-12)19-14-8-9-14/h4-7,14-16H,1-3,8-11,17H2. The third-order valence-electron chi connectivity index (χ3n) is 3.93. The van der Waals surface area contributed by atoms with E-state index in [1.807, 2.05) is 12.1 Å². The zero-order valence-electron chi connectivity index (χ0n) is 11.4. The second-order valence-electron chi connectivity index (χ2n) is 5.72. The van der Waals surface area contributed by atoms with Crippen molar-refractivity contribution in [2.45, 2.75) is 56.8 Å². The summed E-state index contributed by atoms with van der Waals surface area (Å²) in [6.45, 7) is 0.894. The zero-order chi connectivity index (χ0) is 13.1. The normalized spacial score (nSPS) is 25.0. The predicted octanol–water partition coefficient (Wildman–Crippen LogP) is 3.19. The predicted molar refractivity (Wildman–Crippen MR) is 75.2 cm³/mol. The van der Waals surface area contributed by atoms with Gasteiger partial charge in [-0.15, -0.1) is 0 Å². The van der Waals surface area contributed by atoms with Crippen molar-refractivity contribution in [3.63, 3.8) is 0 Å². The van der Waals surface area contributed by atoms with Crippen LogP contribution < -0.4 is 10.5 Å². The number of rotatable bonds is 5. The molecule has 1 aliphatic heterocycles. The SMILES string of the molecule is NC(CC1CCCCO1)c1ccc(OC2CC2)cc1. The lowest BCUT2D eigenvalue weighted by molar-refractivity contribution is 0.00729. The molecule has 0 bridgehead atoms. The van der Waals surface area contributed by atoms with Crippen LogP contribution in [-0.2, 0) is 4.74 Å². The van der Waals surface area contributed by atoms with E-state index in [0.717, 1.165) is 25.2 Å². The van der Waals surface area contributed by atoms with Crippen LogP contribution in [0.5, 0.6) is 5.75 Å². The van der Waals surface area contributed by atoms with Crippen LogP contribution >= 0.6 is 0 Å². The lowest BCUT2D eigenvalue weighted by Gasteiger charge is -2.25. The highest BCUT2D eigenvalue weighted by atomic mass is 16.5. The number of hydrogen-bond acceptors (Lipinski definition) is 3. The monoisotopic (exact) mass is 261 g/mol. The molecule has 3 heteroatoms. The Hall–Kier alpha value is -1.06. The third-order valence-corrected chi connectivity index (χ3v) is 3.93. The van der Waals surface area contributed by atoms with Crippen LogP contribution in [0.3, 0.4) is 0 Å². The fourth-order valence-electron chi connectivity index (χ4n) is 2.58. The highest BCUT2D eigenvalue weighted by molar-refractivity contribution is 5.29. The van der Waals surface area contributed by atoms with Crippen molar-refractivity contribution in [2.75, 3.05) is 6.61 Å². The molecule has 2 unspecified atom stereocenters. The number of ether oxygens (including phenoxy) is 2. The number of benzene rings is 1.